The van der Waals surface area contributed by atoms with Gasteiger partial charge in [0.1, 0.15) is 0 Å². The van der Waals surface area contributed by atoms with Gasteiger partial charge in [-0.2, -0.15) is 0 Å². The molecule has 0 aromatic heterocycles. The highest BCUT2D eigenvalue weighted by atomic mass is 16.2. The lowest BCUT2D eigenvalue weighted by Crippen LogP contribution is -2.38. The third-order valence-corrected chi connectivity index (χ3v) is 5.73. The van der Waals surface area contributed by atoms with Crippen LogP contribution in [0.4, 0.5) is 0 Å². The Morgan fingerprint density at radius 1 is 1.00 bits per heavy atom. The van der Waals surface area contributed by atoms with E-state index in [1.807, 2.05) is 4.90 Å². The highest BCUT2D eigenvalue weighted by molar-refractivity contribution is 5.80. The van der Waals surface area contributed by atoms with Gasteiger partial charge in [0, 0.05) is 33.1 Å². The molecule has 1 aliphatic heterocycles. The minimum atomic E-state index is 0.166. The molecule has 0 bridgehead atoms. The molecule has 2 aromatic rings. The first-order valence-electron chi connectivity index (χ1n) is 11.4. The van der Waals surface area contributed by atoms with E-state index >= 15 is 0 Å². The first-order valence-corrected chi connectivity index (χ1v) is 11.4. The maximum absolute atomic E-state index is 11.8. The van der Waals surface area contributed by atoms with E-state index in [4.69, 9.17) is 0 Å². The number of carbonyl (C=O) groups is 1. The van der Waals surface area contributed by atoms with E-state index in [0.29, 0.717) is 25.4 Å². The smallest absolute Gasteiger partial charge is 0.222 e. The summed E-state index contributed by atoms with van der Waals surface area (Å²) in [4.78, 5) is 18.1. The average Bonchev–Trinajstić information content (AvgIpc) is 3.16. The van der Waals surface area contributed by atoms with Crippen LogP contribution in [0.5, 0.6) is 0 Å². The van der Waals surface area contributed by atoms with Crippen LogP contribution in [0.25, 0.3) is 0 Å². The van der Waals surface area contributed by atoms with Crippen molar-refractivity contribution in [3.05, 3.63) is 70.8 Å². The largest absolute Gasteiger partial charge is 0.352 e. The molecule has 3 rings (SSSR count). The maximum atomic E-state index is 11.8. The molecule has 0 radical (unpaired) electrons. The fourth-order valence-electron chi connectivity index (χ4n) is 3.94. The third-order valence-electron chi connectivity index (χ3n) is 5.73. The Labute approximate surface area is 187 Å². The molecule has 2 aromatic carbocycles. The highest BCUT2D eigenvalue weighted by Crippen LogP contribution is 2.16. The minimum absolute atomic E-state index is 0.166. The topological polar surface area (TPSA) is 56.7 Å². The van der Waals surface area contributed by atoms with Crippen LogP contribution in [0, 0.1) is 5.92 Å². The van der Waals surface area contributed by atoms with Crippen LogP contribution in [0.3, 0.4) is 0 Å². The number of rotatable bonds is 8. The lowest BCUT2D eigenvalue weighted by molar-refractivity contribution is -0.128. The van der Waals surface area contributed by atoms with Crippen LogP contribution >= 0.6 is 0 Å². The normalized spacial score (nSPS) is 15.5. The predicted molar refractivity (Wildman–Crippen MR) is 128 cm³/mol. The number of nitrogens with one attached hydrogen (secondary N) is 2. The van der Waals surface area contributed by atoms with Crippen LogP contribution < -0.4 is 10.6 Å². The van der Waals surface area contributed by atoms with Gasteiger partial charge in [-0.1, -0.05) is 62.4 Å². The zero-order valence-corrected chi connectivity index (χ0v) is 19.3. The van der Waals surface area contributed by atoms with Crippen molar-refractivity contribution in [1.29, 1.82) is 0 Å². The minimum Gasteiger partial charge on any atom is -0.352 e. The summed E-state index contributed by atoms with van der Waals surface area (Å²) >= 11 is 0. The van der Waals surface area contributed by atoms with Crippen molar-refractivity contribution >= 4 is 11.9 Å². The van der Waals surface area contributed by atoms with E-state index in [0.717, 1.165) is 25.3 Å². The van der Waals surface area contributed by atoms with Crippen molar-refractivity contribution in [2.24, 2.45) is 10.9 Å². The number of amides is 1. The van der Waals surface area contributed by atoms with Gasteiger partial charge in [-0.15, -0.1) is 0 Å². The molecule has 1 heterocycles. The van der Waals surface area contributed by atoms with Gasteiger partial charge in [-0.3, -0.25) is 9.79 Å². The quantitative estimate of drug-likeness (QED) is 0.491. The molecule has 2 N–H and O–H groups in total. The van der Waals surface area contributed by atoms with Crippen LogP contribution in [-0.2, 0) is 24.3 Å². The van der Waals surface area contributed by atoms with Gasteiger partial charge in [-0.25, -0.2) is 0 Å². The predicted octanol–water partition coefficient (Wildman–Crippen LogP) is 4.43. The van der Waals surface area contributed by atoms with Gasteiger partial charge in [0.15, 0.2) is 5.96 Å². The standard InChI is InChI=1S/C26H36N4O/c1-19(2)16-21-11-13-24(14-12-21)20(3)29-26(27-4)28-17-22-7-9-23(10-8-22)18-30-15-5-6-25(30)31/h7-14,19-20H,5-6,15-18H2,1-4H3,(H2,27,28,29). The van der Waals surface area contributed by atoms with E-state index in [1.54, 1.807) is 7.05 Å². The van der Waals surface area contributed by atoms with Crippen LogP contribution in [0.15, 0.2) is 53.5 Å². The van der Waals surface area contributed by atoms with Crippen LogP contribution in [0.1, 0.15) is 61.9 Å². The summed E-state index contributed by atoms with van der Waals surface area (Å²) in [5.41, 5.74) is 4.99. The van der Waals surface area contributed by atoms with E-state index in [1.165, 1.54) is 22.3 Å². The molecule has 1 unspecified atom stereocenters. The molecule has 1 atom stereocenters. The molecule has 166 valence electrons. The summed E-state index contributed by atoms with van der Waals surface area (Å²) in [7, 11) is 1.80. The number of hydrogen-bond donors (Lipinski definition) is 2. The van der Waals surface area contributed by atoms with E-state index in [9.17, 15) is 4.79 Å². The lowest BCUT2D eigenvalue weighted by atomic mass is 10.00. The molecule has 1 amide bonds. The Kier molecular flexibility index (Phi) is 8.10. The number of nitrogens with zero attached hydrogens (tertiary/aromatic N) is 2. The Bertz CT molecular complexity index is 871. The Balaban J connectivity index is 1.49. The Hall–Kier alpha value is -2.82. The lowest BCUT2D eigenvalue weighted by Gasteiger charge is -2.19. The van der Waals surface area contributed by atoms with Crippen LogP contribution in [0.2, 0.25) is 0 Å². The molecule has 1 aliphatic rings. The molecule has 0 spiro atoms. The summed E-state index contributed by atoms with van der Waals surface area (Å²) in [5.74, 6) is 1.72. The molecule has 0 aliphatic carbocycles. The molecular formula is C26H36N4O. The molecule has 1 saturated heterocycles. The monoisotopic (exact) mass is 420 g/mol. The van der Waals surface area contributed by atoms with Crippen LogP contribution in [-0.4, -0.2) is 30.4 Å². The number of likely N-dealkylation sites (tertiary alicyclic amines) is 1. The number of aliphatic imine (C=N–C) groups is 1. The number of guanidine groups is 1. The maximum Gasteiger partial charge on any atom is 0.222 e. The van der Waals surface area contributed by atoms with Crippen molar-refractivity contribution in [2.75, 3.05) is 13.6 Å². The molecule has 5 nitrogen and oxygen atoms in total. The zero-order valence-electron chi connectivity index (χ0n) is 19.3. The second-order valence-electron chi connectivity index (χ2n) is 8.87. The second kappa shape index (κ2) is 11.0. The number of benzene rings is 2. The van der Waals surface area contributed by atoms with Crippen molar-refractivity contribution in [2.45, 2.75) is 59.2 Å². The summed E-state index contributed by atoms with van der Waals surface area (Å²) in [6.07, 6.45) is 2.78. The van der Waals surface area contributed by atoms with Gasteiger partial charge in [0.05, 0.1) is 6.04 Å². The zero-order chi connectivity index (χ0) is 22.2. The van der Waals surface area contributed by atoms with E-state index in [-0.39, 0.29) is 11.9 Å². The van der Waals surface area contributed by atoms with Gasteiger partial charge in [0.2, 0.25) is 5.91 Å². The van der Waals surface area contributed by atoms with Crippen molar-refractivity contribution < 1.29 is 4.79 Å². The molecular weight excluding hydrogens is 384 g/mol. The molecule has 5 heteroatoms. The Morgan fingerprint density at radius 2 is 1.65 bits per heavy atom. The molecule has 1 fully saturated rings. The second-order valence-corrected chi connectivity index (χ2v) is 8.87. The number of carbonyl (C=O) groups excluding carboxylic acids is 1. The van der Waals surface area contributed by atoms with Crippen molar-refractivity contribution in [3.63, 3.8) is 0 Å². The van der Waals surface area contributed by atoms with Gasteiger partial charge < -0.3 is 15.5 Å². The van der Waals surface area contributed by atoms with Gasteiger partial charge in [-0.05, 0) is 47.9 Å². The number of hydrogen-bond acceptors (Lipinski definition) is 2. The average molecular weight is 421 g/mol. The van der Waals surface area contributed by atoms with Crippen molar-refractivity contribution in [1.82, 2.24) is 15.5 Å². The third kappa shape index (κ3) is 6.84. The first kappa shape index (κ1) is 22.9. The molecule has 31 heavy (non-hydrogen) atoms. The van der Waals surface area contributed by atoms with Gasteiger partial charge >= 0.3 is 0 Å². The summed E-state index contributed by atoms with van der Waals surface area (Å²) < 4.78 is 0. The summed E-state index contributed by atoms with van der Waals surface area (Å²) in [6.45, 7) is 8.93. The SMILES string of the molecule is CN=C(NCc1ccc(CN2CCCC2=O)cc1)NC(C)c1ccc(CC(C)C)cc1. The molecule has 0 saturated carbocycles. The Morgan fingerprint density at radius 3 is 2.23 bits per heavy atom. The van der Waals surface area contributed by atoms with Gasteiger partial charge in [0.25, 0.3) is 0 Å². The fraction of sp³-hybridized carbons (Fsp3) is 0.462. The first-order chi connectivity index (χ1) is 14.9. The fourth-order valence-corrected chi connectivity index (χ4v) is 3.94. The van der Waals surface area contributed by atoms with Crippen molar-refractivity contribution in [3.8, 4) is 0 Å². The highest BCUT2D eigenvalue weighted by Gasteiger charge is 2.19. The van der Waals surface area contributed by atoms with E-state index in [2.05, 4.69) is 84.9 Å². The summed E-state index contributed by atoms with van der Waals surface area (Å²) in [5, 5.41) is 6.87. The summed E-state index contributed by atoms with van der Waals surface area (Å²) in [6, 6.07) is 17.5. The van der Waals surface area contributed by atoms with E-state index < -0.39 is 0 Å².